The Kier molecular flexibility index (Phi) is 15.5. The number of hydrogen-bond acceptors (Lipinski definition) is 12. The molecule has 0 aliphatic heterocycles. The van der Waals surface area contributed by atoms with Crippen LogP contribution in [0, 0.1) is 11.8 Å². The fraction of sp³-hybridized carbons (Fsp3) is 0.750. The number of aliphatic hydroxyl groups excluding tert-OH is 4. The van der Waals surface area contributed by atoms with Crippen LogP contribution in [0.15, 0.2) is 0 Å². The van der Waals surface area contributed by atoms with Gasteiger partial charge in [-0.05, 0) is 25.7 Å². The lowest BCUT2D eigenvalue weighted by Gasteiger charge is -2.36. The first kappa shape index (κ1) is 38.6. The first-order valence-electron chi connectivity index (χ1n) is 12.8. The molecule has 0 radical (unpaired) electrons. The average Bonchev–Trinajstić information content (AvgIpc) is 2.95. The third-order valence-corrected chi connectivity index (χ3v) is 7.25. The van der Waals surface area contributed by atoms with Gasteiger partial charge in [-0.2, -0.15) is 0 Å². The van der Waals surface area contributed by atoms with Crippen molar-refractivity contribution in [1.29, 1.82) is 0 Å². The van der Waals surface area contributed by atoms with Crippen LogP contribution < -0.4 is 0 Å². The molecule has 0 heterocycles. The topological polar surface area (TPSA) is 345 Å². The standard InChI is InChI=1S/2C10H16O6.C4H6O6/c2*11-7(8(12)13)10(16,9(14)15)6-4-2-1-3-5-6;5-1(3(7)8)2(6)4(9)10/h2*6-7,11,16H,1-5H2,(H,12,13)(H,14,15);1-2,5-6H,(H,7,8)(H,9,10). The highest BCUT2D eigenvalue weighted by Gasteiger charge is 2.54. The Morgan fingerprint density at radius 1 is 0.452 bits per heavy atom. The predicted molar refractivity (Wildman–Crippen MR) is 133 cm³/mol. The van der Waals surface area contributed by atoms with Crippen LogP contribution in [0.25, 0.3) is 0 Å². The highest BCUT2D eigenvalue weighted by atomic mass is 16.5. The Morgan fingerprint density at radius 2 is 0.690 bits per heavy atom. The second-order valence-corrected chi connectivity index (χ2v) is 9.98. The molecule has 0 aromatic heterocycles. The predicted octanol–water partition coefficient (Wildman–Crippen LogP) is -2.47. The van der Waals surface area contributed by atoms with Crippen molar-refractivity contribution in [3.8, 4) is 0 Å². The molecule has 2 aliphatic rings. The zero-order valence-electron chi connectivity index (χ0n) is 22.4. The summed E-state index contributed by atoms with van der Waals surface area (Å²) < 4.78 is 0. The lowest BCUT2D eigenvalue weighted by Crippen LogP contribution is -2.58. The van der Waals surface area contributed by atoms with Gasteiger partial charge in [-0.3, -0.25) is 0 Å². The van der Waals surface area contributed by atoms with Crippen molar-refractivity contribution < 1.29 is 90.0 Å². The molecule has 2 rings (SSSR count). The summed E-state index contributed by atoms with van der Waals surface area (Å²) in [6, 6.07) is 0. The van der Waals surface area contributed by atoms with E-state index in [-0.39, 0.29) is 0 Å². The molecule has 0 spiro atoms. The Bertz CT molecular complexity index is 879. The number of rotatable bonds is 11. The molecule has 42 heavy (non-hydrogen) atoms. The van der Waals surface area contributed by atoms with Gasteiger partial charge in [0, 0.05) is 11.8 Å². The number of aliphatic hydroxyl groups is 6. The molecule has 12 N–H and O–H groups in total. The first-order valence-corrected chi connectivity index (χ1v) is 12.8. The van der Waals surface area contributed by atoms with Gasteiger partial charge < -0.3 is 61.3 Å². The average molecular weight is 615 g/mol. The molecule has 2 saturated carbocycles. The second kappa shape index (κ2) is 16.9. The van der Waals surface area contributed by atoms with Gasteiger partial charge in [-0.25, -0.2) is 28.8 Å². The van der Waals surface area contributed by atoms with Crippen molar-refractivity contribution >= 4 is 35.8 Å². The highest BCUT2D eigenvalue weighted by Crippen LogP contribution is 2.36. The maximum Gasteiger partial charge on any atom is 0.339 e. The third kappa shape index (κ3) is 9.85. The summed E-state index contributed by atoms with van der Waals surface area (Å²) in [5, 5.41) is 106. The second-order valence-electron chi connectivity index (χ2n) is 9.98. The van der Waals surface area contributed by atoms with Gasteiger partial charge in [0.05, 0.1) is 0 Å². The molecule has 0 aromatic rings. The quantitative estimate of drug-likeness (QED) is 0.115. The van der Waals surface area contributed by atoms with Crippen LogP contribution in [-0.4, -0.2) is 133 Å². The molecule has 0 amide bonds. The minimum atomic E-state index is -2.58. The van der Waals surface area contributed by atoms with Crippen LogP contribution in [0.4, 0.5) is 0 Å². The minimum absolute atomic E-state index is 0.424. The minimum Gasteiger partial charge on any atom is -0.479 e. The van der Waals surface area contributed by atoms with Gasteiger partial charge in [0.2, 0.25) is 11.2 Å². The normalized spacial score (nSPS) is 21.6. The molecule has 18 nitrogen and oxygen atoms in total. The summed E-state index contributed by atoms with van der Waals surface area (Å²) in [6.07, 6.45) is -2.56. The molecule has 0 saturated heterocycles. The molecule has 6 unspecified atom stereocenters. The summed E-state index contributed by atoms with van der Waals surface area (Å²) in [5.41, 5.74) is -5.15. The molecule has 6 atom stereocenters. The van der Waals surface area contributed by atoms with Gasteiger partial charge in [-0.1, -0.05) is 38.5 Å². The molecule has 0 bridgehead atoms. The Hall–Kier alpha value is -3.42. The molecule has 2 aliphatic carbocycles. The SMILES string of the molecule is O=C(O)C(O)C(O)(C(=O)O)C1CCCCC1.O=C(O)C(O)C(O)(C(=O)O)C1CCCCC1.O=C(O)C(O)C(O)C(=O)O. The van der Waals surface area contributed by atoms with Crippen LogP contribution in [0.5, 0.6) is 0 Å². The van der Waals surface area contributed by atoms with Crippen LogP contribution in [0.3, 0.4) is 0 Å². The Labute approximate surface area is 238 Å². The van der Waals surface area contributed by atoms with Crippen LogP contribution in [-0.2, 0) is 28.8 Å². The number of carbonyl (C=O) groups is 6. The zero-order chi connectivity index (χ0) is 33.0. The van der Waals surface area contributed by atoms with Crippen molar-refractivity contribution in [2.75, 3.05) is 0 Å². The number of hydrogen-bond donors (Lipinski definition) is 12. The monoisotopic (exact) mass is 614 g/mol. The van der Waals surface area contributed by atoms with E-state index in [2.05, 4.69) is 0 Å². The summed E-state index contributed by atoms with van der Waals surface area (Å²) >= 11 is 0. The van der Waals surface area contributed by atoms with Gasteiger partial charge in [0.25, 0.3) is 0 Å². The summed E-state index contributed by atoms with van der Waals surface area (Å²) in [4.78, 5) is 62.8. The third-order valence-electron chi connectivity index (χ3n) is 7.25. The van der Waals surface area contributed by atoms with Crippen molar-refractivity contribution in [2.45, 2.75) is 99.8 Å². The molecule has 0 aromatic carbocycles. The van der Waals surface area contributed by atoms with Gasteiger partial charge in [-0.15, -0.1) is 0 Å². The smallest absolute Gasteiger partial charge is 0.339 e. The summed E-state index contributed by atoms with van der Waals surface area (Å²) in [6.45, 7) is 0. The van der Waals surface area contributed by atoms with Gasteiger partial charge >= 0.3 is 35.8 Å². The van der Waals surface area contributed by atoms with E-state index in [1.807, 2.05) is 0 Å². The maximum atomic E-state index is 11.0. The first-order chi connectivity index (χ1) is 19.3. The largest absolute Gasteiger partial charge is 0.479 e. The van der Waals surface area contributed by atoms with Crippen LogP contribution >= 0.6 is 0 Å². The maximum absolute atomic E-state index is 11.0. The van der Waals surface area contributed by atoms with E-state index < -0.39 is 83.3 Å². The van der Waals surface area contributed by atoms with Crippen molar-refractivity contribution in [3.63, 3.8) is 0 Å². The van der Waals surface area contributed by atoms with E-state index in [9.17, 15) is 49.2 Å². The molecular formula is C24H38O18. The van der Waals surface area contributed by atoms with Crippen LogP contribution in [0.2, 0.25) is 0 Å². The fourth-order valence-corrected chi connectivity index (χ4v) is 4.76. The van der Waals surface area contributed by atoms with Gasteiger partial charge in [0.15, 0.2) is 24.4 Å². The molecule has 242 valence electrons. The van der Waals surface area contributed by atoms with E-state index in [1.165, 1.54) is 0 Å². The van der Waals surface area contributed by atoms with E-state index in [4.69, 9.17) is 40.9 Å². The van der Waals surface area contributed by atoms with E-state index in [0.29, 0.717) is 25.7 Å². The number of carboxylic acid groups (broad SMARTS) is 6. The van der Waals surface area contributed by atoms with Crippen molar-refractivity contribution in [1.82, 2.24) is 0 Å². The fourth-order valence-electron chi connectivity index (χ4n) is 4.76. The lowest BCUT2D eigenvalue weighted by atomic mass is 9.74. The van der Waals surface area contributed by atoms with E-state index >= 15 is 0 Å². The zero-order valence-corrected chi connectivity index (χ0v) is 22.4. The Balaban J connectivity index is 0.000000620. The lowest BCUT2D eigenvalue weighted by molar-refractivity contribution is -0.194. The highest BCUT2D eigenvalue weighted by molar-refractivity contribution is 5.88. The summed E-state index contributed by atoms with van der Waals surface area (Å²) in [7, 11) is 0. The molecule has 2 fully saturated rings. The molecular weight excluding hydrogens is 576 g/mol. The number of aliphatic carboxylic acids is 6. The number of carboxylic acids is 6. The van der Waals surface area contributed by atoms with E-state index in [1.54, 1.807) is 0 Å². The molecule has 18 heteroatoms. The van der Waals surface area contributed by atoms with E-state index in [0.717, 1.165) is 38.5 Å². The van der Waals surface area contributed by atoms with Crippen molar-refractivity contribution in [2.24, 2.45) is 11.8 Å². The van der Waals surface area contributed by atoms with Crippen LogP contribution in [0.1, 0.15) is 64.2 Å². The Morgan fingerprint density at radius 3 is 0.857 bits per heavy atom. The van der Waals surface area contributed by atoms with Crippen molar-refractivity contribution in [3.05, 3.63) is 0 Å². The van der Waals surface area contributed by atoms with Gasteiger partial charge in [0.1, 0.15) is 0 Å². The summed E-state index contributed by atoms with van der Waals surface area (Å²) in [5.74, 6) is -11.7.